The third kappa shape index (κ3) is 1.65. The van der Waals surface area contributed by atoms with E-state index in [1.165, 1.54) is 27.2 Å². The number of carbonyl (C=O) groups is 2. The highest BCUT2D eigenvalue weighted by Crippen LogP contribution is 2.50. The molecule has 0 aromatic heterocycles. The summed E-state index contributed by atoms with van der Waals surface area (Å²) in [7, 11) is 0. The quantitative estimate of drug-likeness (QED) is 0.644. The van der Waals surface area contributed by atoms with E-state index in [9.17, 15) is 9.59 Å². The van der Waals surface area contributed by atoms with Crippen molar-refractivity contribution in [3.63, 3.8) is 0 Å². The first-order valence-electron chi connectivity index (χ1n) is 8.97. The molecule has 2 aromatic carbocycles. The van der Waals surface area contributed by atoms with Gasteiger partial charge in [-0.15, -0.1) is 0 Å². The Morgan fingerprint density at radius 2 is 1.52 bits per heavy atom. The summed E-state index contributed by atoms with van der Waals surface area (Å²) in [5.41, 5.74) is 5.68. The highest BCUT2D eigenvalue weighted by molar-refractivity contribution is 6.23. The minimum Gasteiger partial charge on any atom is -0.373 e. The summed E-state index contributed by atoms with van der Waals surface area (Å²) in [4.78, 5) is 27.3. The summed E-state index contributed by atoms with van der Waals surface area (Å²) in [5.74, 6) is -0.677. The van der Waals surface area contributed by atoms with Crippen LogP contribution in [-0.2, 0) is 20.7 Å². The van der Waals surface area contributed by atoms with Crippen molar-refractivity contribution in [3.05, 3.63) is 53.6 Å². The maximum Gasteiger partial charge on any atom is 0.240 e. The lowest BCUT2D eigenvalue weighted by atomic mass is 9.81. The summed E-state index contributed by atoms with van der Waals surface area (Å²) in [6.07, 6.45) is 2.54. The van der Waals surface area contributed by atoms with Gasteiger partial charge in [-0.3, -0.25) is 9.59 Å². The first kappa shape index (κ1) is 13.8. The smallest absolute Gasteiger partial charge is 0.240 e. The van der Waals surface area contributed by atoms with Crippen LogP contribution in [0.15, 0.2) is 42.5 Å². The van der Waals surface area contributed by atoms with Gasteiger partial charge in [-0.05, 0) is 53.6 Å². The normalized spacial score (nSPS) is 31.4. The van der Waals surface area contributed by atoms with Gasteiger partial charge in [0.1, 0.15) is 0 Å². The molecule has 124 valence electrons. The van der Waals surface area contributed by atoms with Gasteiger partial charge in [0.25, 0.3) is 0 Å². The van der Waals surface area contributed by atoms with Crippen molar-refractivity contribution in [2.45, 2.75) is 31.5 Å². The molecular formula is C21H17NO3. The minimum atomic E-state index is -0.267. The summed E-state index contributed by atoms with van der Waals surface area (Å²) >= 11 is 0. The number of carbonyl (C=O) groups excluding carboxylic acids is 2. The maximum absolute atomic E-state index is 12.9. The number of amides is 2. The van der Waals surface area contributed by atoms with Crippen molar-refractivity contribution in [1.29, 1.82) is 0 Å². The molecule has 6 rings (SSSR count). The molecule has 4 aliphatic rings. The average molecular weight is 331 g/mol. The summed E-state index contributed by atoms with van der Waals surface area (Å²) in [6, 6.07) is 14.4. The molecule has 4 heteroatoms. The molecule has 0 radical (unpaired) electrons. The first-order chi connectivity index (χ1) is 12.2. The molecule has 3 heterocycles. The lowest BCUT2D eigenvalue weighted by Gasteiger charge is -2.18. The molecule has 0 N–H and O–H groups in total. The van der Waals surface area contributed by atoms with Crippen LogP contribution < -0.4 is 4.90 Å². The van der Waals surface area contributed by atoms with E-state index in [0.717, 1.165) is 24.9 Å². The topological polar surface area (TPSA) is 46.6 Å². The largest absolute Gasteiger partial charge is 0.373 e. The van der Waals surface area contributed by atoms with E-state index in [1.54, 1.807) is 0 Å². The second-order valence-corrected chi connectivity index (χ2v) is 7.53. The summed E-state index contributed by atoms with van der Waals surface area (Å²) in [5, 5.41) is 0. The summed E-state index contributed by atoms with van der Waals surface area (Å²) < 4.78 is 5.81. The van der Waals surface area contributed by atoms with Crippen molar-refractivity contribution < 1.29 is 14.3 Å². The van der Waals surface area contributed by atoms with Crippen LogP contribution in [0.25, 0.3) is 11.1 Å². The first-order valence-corrected chi connectivity index (χ1v) is 8.97. The van der Waals surface area contributed by atoms with Crippen LogP contribution in [0.4, 0.5) is 5.69 Å². The molecule has 1 aliphatic carbocycles. The lowest BCUT2D eigenvalue weighted by Crippen LogP contribution is -2.34. The molecule has 4 nitrogen and oxygen atoms in total. The predicted molar refractivity (Wildman–Crippen MR) is 92.1 cm³/mol. The number of fused-ring (bicyclic) bond motifs is 8. The third-order valence-electron chi connectivity index (χ3n) is 6.32. The van der Waals surface area contributed by atoms with Gasteiger partial charge in [0, 0.05) is 0 Å². The van der Waals surface area contributed by atoms with Gasteiger partial charge in [-0.2, -0.15) is 0 Å². The van der Waals surface area contributed by atoms with E-state index in [0.29, 0.717) is 0 Å². The number of hydrogen-bond donors (Lipinski definition) is 0. The molecule has 4 unspecified atom stereocenters. The number of nitrogens with zero attached hydrogens (tertiary/aromatic N) is 1. The van der Waals surface area contributed by atoms with Gasteiger partial charge in [0.2, 0.25) is 11.8 Å². The molecule has 2 bridgehead atoms. The number of benzene rings is 2. The minimum absolute atomic E-state index is 0.0601. The molecule has 3 aliphatic heterocycles. The van der Waals surface area contributed by atoms with Crippen LogP contribution >= 0.6 is 0 Å². The second kappa shape index (κ2) is 4.58. The van der Waals surface area contributed by atoms with Crippen molar-refractivity contribution in [1.82, 2.24) is 0 Å². The Bertz CT molecular complexity index is 922. The predicted octanol–water partition coefficient (Wildman–Crippen LogP) is 2.92. The molecule has 2 aromatic rings. The van der Waals surface area contributed by atoms with Gasteiger partial charge in [-0.25, -0.2) is 4.90 Å². The van der Waals surface area contributed by atoms with Gasteiger partial charge < -0.3 is 4.74 Å². The highest BCUT2D eigenvalue weighted by atomic mass is 16.5. The Morgan fingerprint density at radius 1 is 0.840 bits per heavy atom. The van der Waals surface area contributed by atoms with Crippen LogP contribution in [0.1, 0.15) is 24.0 Å². The average Bonchev–Trinajstić information content (AvgIpc) is 3.36. The monoisotopic (exact) mass is 331 g/mol. The number of anilines is 1. The highest BCUT2D eigenvalue weighted by Gasteiger charge is 2.62. The zero-order valence-electron chi connectivity index (χ0n) is 13.6. The molecule has 25 heavy (non-hydrogen) atoms. The SMILES string of the molecule is O=C1C2C3CCC(O3)C2C(=O)N1c1ccc2c(c1)Cc1ccccc1-2. The Labute approximate surface area is 145 Å². The van der Waals surface area contributed by atoms with Gasteiger partial charge in [0.15, 0.2) is 0 Å². The second-order valence-electron chi connectivity index (χ2n) is 7.53. The van der Waals surface area contributed by atoms with Gasteiger partial charge in [-0.1, -0.05) is 30.3 Å². The third-order valence-corrected chi connectivity index (χ3v) is 6.32. The summed E-state index contributed by atoms with van der Waals surface area (Å²) in [6.45, 7) is 0. The zero-order chi connectivity index (χ0) is 16.7. The Hall–Kier alpha value is -2.46. The van der Waals surface area contributed by atoms with Crippen LogP contribution in [-0.4, -0.2) is 24.0 Å². The molecule has 0 spiro atoms. The number of rotatable bonds is 1. The van der Waals surface area contributed by atoms with Gasteiger partial charge in [0.05, 0.1) is 29.7 Å². The van der Waals surface area contributed by atoms with E-state index in [4.69, 9.17) is 4.74 Å². The molecule has 3 saturated heterocycles. The standard InChI is InChI=1S/C21H17NO3/c23-20-18-16-7-8-17(25-16)19(18)21(24)22(20)13-5-6-15-12(10-13)9-11-3-1-2-4-14(11)15/h1-6,10,16-19H,7-9H2. The Kier molecular flexibility index (Phi) is 2.53. The Morgan fingerprint density at radius 3 is 2.28 bits per heavy atom. The van der Waals surface area contributed by atoms with Crippen molar-refractivity contribution >= 4 is 17.5 Å². The molecule has 2 amide bonds. The van der Waals surface area contributed by atoms with E-state index >= 15 is 0 Å². The number of hydrogen-bond acceptors (Lipinski definition) is 3. The molecule has 3 fully saturated rings. The fraction of sp³-hybridized carbons (Fsp3) is 0.333. The van der Waals surface area contributed by atoms with Crippen LogP contribution in [0, 0.1) is 11.8 Å². The fourth-order valence-corrected chi connectivity index (χ4v) is 5.24. The van der Waals surface area contributed by atoms with Gasteiger partial charge >= 0.3 is 0 Å². The van der Waals surface area contributed by atoms with Crippen LogP contribution in [0.3, 0.4) is 0 Å². The van der Waals surface area contributed by atoms with E-state index in [1.807, 2.05) is 18.2 Å². The van der Waals surface area contributed by atoms with Crippen molar-refractivity contribution in [2.24, 2.45) is 11.8 Å². The zero-order valence-corrected chi connectivity index (χ0v) is 13.6. The lowest BCUT2D eigenvalue weighted by molar-refractivity contribution is -0.124. The van der Waals surface area contributed by atoms with Crippen molar-refractivity contribution in [2.75, 3.05) is 4.90 Å². The molecular weight excluding hydrogens is 314 g/mol. The molecule has 4 atom stereocenters. The van der Waals surface area contributed by atoms with E-state index in [2.05, 4.69) is 24.3 Å². The van der Waals surface area contributed by atoms with E-state index < -0.39 is 0 Å². The maximum atomic E-state index is 12.9. The van der Waals surface area contributed by atoms with Crippen LogP contribution in [0.2, 0.25) is 0 Å². The number of ether oxygens (including phenoxy) is 1. The van der Waals surface area contributed by atoms with Crippen LogP contribution in [0.5, 0.6) is 0 Å². The fourth-order valence-electron chi connectivity index (χ4n) is 5.24. The Balaban J connectivity index is 1.41. The van der Waals surface area contributed by atoms with Crippen molar-refractivity contribution in [3.8, 4) is 11.1 Å². The molecule has 0 saturated carbocycles. The van der Waals surface area contributed by atoms with E-state index in [-0.39, 0.29) is 35.9 Å². The number of imide groups is 1.